The smallest absolute Gasteiger partial charge is 0.342 e. The van der Waals surface area contributed by atoms with Crippen molar-refractivity contribution in [1.82, 2.24) is 14.5 Å². The molecule has 0 radical (unpaired) electrons. The molecule has 0 saturated carbocycles. The van der Waals surface area contributed by atoms with E-state index in [1.54, 1.807) is 11.8 Å². The maximum Gasteiger partial charge on any atom is 0.342 e. The summed E-state index contributed by atoms with van der Waals surface area (Å²) in [5.74, 6) is 0.0568. The minimum Gasteiger partial charge on any atom is -0.468 e. The summed E-state index contributed by atoms with van der Waals surface area (Å²) >= 11 is 0. The van der Waals surface area contributed by atoms with E-state index in [9.17, 15) is 20.0 Å². The summed E-state index contributed by atoms with van der Waals surface area (Å²) < 4.78 is 6.20. The zero-order valence-electron chi connectivity index (χ0n) is 11.9. The van der Waals surface area contributed by atoms with Crippen LogP contribution in [0.1, 0.15) is 12.2 Å². The molecule has 2 atom stereocenters. The maximum absolute atomic E-state index is 11.7. The number of imidazole rings is 1. The van der Waals surface area contributed by atoms with Gasteiger partial charge in [-0.25, -0.2) is 9.55 Å². The molecule has 0 bridgehead atoms. The number of esters is 1. The van der Waals surface area contributed by atoms with E-state index in [1.165, 1.54) is 17.9 Å². The van der Waals surface area contributed by atoms with Gasteiger partial charge in [0.05, 0.1) is 13.2 Å². The van der Waals surface area contributed by atoms with Crippen molar-refractivity contribution in [2.75, 3.05) is 20.2 Å². The third-order valence-corrected chi connectivity index (χ3v) is 3.69. The molecule has 21 heavy (non-hydrogen) atoms. The van der Waals surface area contributed by atoms with Crippen molar-refractivity contribution in [3.63, 3.8) is 0 Å². The molecule has 1 aromatic rings. The van der Waals surface area contributed by atoms with Crippen LogP contribution in [-0.2, 0) is 16.1 Å². The molecule has 2 unspecified atom stereocenters. The average Bonchev–Trinajstić information content (AvgIpc) is 2.98. The van der Waals surface area contributed by atoms with Crippen molar-refractivity contribution in [2.45, 2.75) is 32.0 Å². The largest absolute Gasteiger partial charge is 0.468 e. The number of ether oxygens (including phenoxy) is 1. The second-order valence-corrected chi connectivity index (χ2v) is 5.00. The number of methoxy groups -OCH3 is 1. The van der Waals surface area contributed by atoms with E-state index in [4.69, 9.17) is 4.74 Å². The van der Waals surface area contributed by atoms with Gasteiger partial charge in [-0.15, -0.1) is 0 Å². The molecule has 2 rings (SSSR count). The molecule has 9 nitrogen and oxygen atoms in total. The topological polar surface area (TPSA) is 111 Å². The molecule has 0 amide bonds. The molecule has 0 spiro atoms. The quantitative estimate of drug-likeness (QED) is 0.451. The van der Waals surface area contributed by atoms with E-state index in [2.05, 4.69) is 4.98 Å². The van der Waals surface area contributed by atoms with Crippen LogP contribution in [0.25, 0.3) is 0 Å². The van der Waals surface area contributed by atoms with E-state index in [-0.39, 0.29) is 5.82 Å². The molecule has 0 aromatic carbocycles. The van der Waals surface area contributed by atoms with Crippen LogP contribution in [0.5, 0.6) is 0 Å². The third-order valence-electron chi connectivity index (χ3n) is 3.69. The van der Waals surface area contributed by atoms with Gasteiger partial charge in [-0.3, -0.25) is 9.69 Å². The minimum absolute atomic E-state index is 0.0816. The number of likely N-dealkylation sites (tertiary alicyclic amines) is 1. The number of β-amino-alcohol motifs (C(OH)–C–C–N with tert-alkyl or cyclic N) is 1. The summed E-state index contributed by atoms with van der Waals surface area (Å²) in [7, 11) is 1.30. The fraction of sp³-hybridized carbons (Fsp3) is 0.667. The van der Waals surface area contributed by atoms with Gasteiger partial charge in [0.2, 0.25) is 0 Å². The Balaban J connectivity index is 2.07. The number of aliphatic hydroxyl groups is 1. The Morgan fingerprint density at radius 2 is 2.33 bits per heavy atom. The highest BCUT2D eigenvalue weighted by Gasteiger charge is 2.37. The fourth-order valence-electron chi connectivity index (χ4n) is 2.61. The number of hydrogen-bond acceptors (Lipinski definition) is 7. The number of aromatic nitrogens is 2. The van der Waals surface area contributed by atoms with Gasteiger partial charge in [0, 0.05) is 26.4 Å². The molecule has 2 heterocycles. The third kappa shape index (κ3) is 3.19. The Bertz CT molecular complexity index is 544. The summed E-state index contributed by atoms with van der Waals surface area (Å²) in [6.45, 7) is 2.75. The molecule has 1 fully saturated rings. The van der Waals surface area contributed by atoms with Crippen LogP contribution in [0, 0.1) is 17.0 Å². The number of hydrogen-bond donors (Lipinski definition) is 1. The van der Waals surface area contributed by atoms with Gasteiger partial charge in [0.15, 0.2) is 5.82 Å². The van der Waals surface area contributed by atoms with Crippen LogP contribution in [0.15, 0.2) is 6.20 Å². The second-order valence-electron chi connectivity index (χ2n) is 5.00. The van der Waals surface area contributed by atoms with Crippen molar-refractivity contribution < 1.29 is 19.6 Å². The van der Waals surface area contributed by atoms with Gasteiger partial charge in [-0.05, 0) is 4.92 Å². The number of nitro groups is 1. The summed E-state index contributed by atoms with van der Waals surface area (Å²) in [5.41, 5.74) is 0. The highest BCUT2D eigenvalue weighted by atomic mass is 16.6. The number of rotatable bonds is 5. The molecule has 1 aliphatic heterocycles. The van der Waals surface area contributed by atoms with Crippen molar-refractivity contribution in [1.29, 1.82) is 0 Å². The summed E-state index contributed by atoms with van der Waals surface area (Å²) in [5, 5.41) is 20.6. The SMILES string of the molecule is COC(=O)C1CC(O)CN1CCn1c([N+](=O)[O-])cnc1C. The number of nitrogens with zero attached hydrogens (tertiary/aromatic N) is 4. The minimum atomic E-state index is -0.590. The van der Waals surface area contributed by atoms with E-state index in [0.717, 1.165) is 0 Å². The lowest BCUT2D eigenvalue weighted by atomic mass is 10.2. The predicted octanol–water partition coefficient (Wildman–Crippen LogP) is -0.292. The standard InChI is InChI=1S/C12H18N4O5/c1-8-13-6-11(16(19)20)15(8)4-3-14-7-9(17)5-10(14)12(18)21-2/h6,9-10,17H,3-5,7H2,1-2H3. The molecule has 1 saturated heterocycles. The number of carbonyl (C=O) groups excluding carboxylic acids is 1. The van der Waals surface area contributed by atoms with E-state index in [0.29, 0.717) is 31.9 Å². The van der Waals surface area contributed by atoms with Crippen LogP contribution >= 0.6 is 0 Å². The summed E-state index contributed by atoms with van der Waals surface area (Å²) in [6, 6.07) is -0.507. The lowest BCUT2D eigenvalue weighted by Crippen LogP contribution is -2.38. The van der Waals surface area contributed by atoms with Gasteiger partial charge in [0.25, 0.3) is 0 Å². The van der Waals surface area contributed by atoms with Crippen LogP contribution in [0.4, 0.5) is 5.82 Å². The Morgan fingerprint density at radius 1 is 1.62 bits per heavy atom. The van der Waals surface area contributed by atoms with Crippen molar-refractivity contribution >= 4 is 11.8 Å². The maximum atomic E-state index is 11.7. The molecule has 1 aromatic heterocycles. The van der Waals surface area contributed by atoms with Crippen molar-refractivity contribution in [2.24, 2.45) is 0 Å². The number of carbonyl (C=O) groups is 1. The molecular weight excluding hydrogens is 280 g/mol. The molecule has 116 valence electrons. The van der Waals surface area contributed by atoms with Gasteiger partial charge in [-0.2, -0.15) is 0 Å². The zero-order valence-corrected chi connectivity index (χ0v) is 11.9. The van der Waals surface area contributed by atoms with Gasteiger partial charge < -0.3 is 20.0 Å². The van der Waals surface area contributed by atoms with Crippen molar-refractivity contribution in [3.05, 3.63) is 22.1 Å². The number of aryl methyl sites for hydroxylation is 1. The van der Waals surface area contributed by atoms with Crippen LogP contribution in [0.2, 0.25) is 0 Å². The predicted molar refractivity (Wildman–Crippen MR) is 71.6 cm³/mol. The number of aliphatic hydroxyl groups excluding tert-OH is 1. The van der Waals surface area contributed by atoms with Crippen LogP contribution in [-0.4, -0.2) is 62.8 Å². The fourth-order valence-corrected chi connectivity index (χ4v) is 2.61. The average molecular weight is 298 g/mol. The van der Waals surface area contributed by atoms with Gasteiger partial charge in [0.1, 0.15) is 18.8 Å². The second kappa shape index (κ2) is 6.19. The highest BCUT2D eigenvalue weighted by Crippen LogP contribution is 2.20. The highest BCUT2D eigenvalue weighted by molar-refractivity contribution is 5.76. The zero-order chi connectivity index (χ0) is 15.6. The van der Waals surface area contributed by atoms with Crippen LogP contribution < -0.4 is 0 Å². The Kier molecular flexibility index (Phi) is 4.53. The first-order chi connectivity index (χ1) is 9.93. The molecular formula is C12H18N4O5. The molecule has 1 N–H and O–H groups in total. The lowest BCUT2D eigenvalue weighted by Gasteiger charge is -2.21. The Hall–Kier alpha value is -2.00. The first-order valence-corrected chi connectivity index (χ1v) is 6.60. The van der Waals surface area contributed by atoms with Crippen molar-refractivity contribution in [3.8, 4) is 0 Å². The normalized spacial score (nSPS) is 22.4. The van der Waals surface area contributed by atoms with E-state index >= 15 is 0 Å². The lowest BCUT2D eigenvalue weighted by molar-refractivity contribution is -0.392. The van der Waals surface area contributed by atoms with E-state index in [1.807, 2.05) is 0 Å². The molecule has 0 aliphatic carbocycles. The van der Waals surface area contributed by atoms with Gasteiger partial charge >= 0.3 is 11.8 Å². The first kappa shape index (κ1) is 15.4. The molecule has 1 aliphatic rings. The Morgan fingerprint density at radius 3 is 2.95 bits per heavy atom. The first-order valence-electron chi connectivity index (χ1n) is 6.60. The summed E-state index contributed by atoms with van der Waals surface area (Å²) in [6.07, 6.45) is 0.942. The van der Waals surface area contributed by atoms with E-state index < -0.39 is 23.0 Å². The van der Waals surface area contributed by atoms with Gasteiger partial charge in [-0.1, -0.05) is 0 Å². The monoisotopic (exact) mass is 298 g/mol. The van der Waals surface area contributed by atoms with Crippen LogP contribution in [0.3, 0.4) is 0 Å². The molecule has 9 heteroatoms. The summed E-state index contributed by atoms with van der Waals surface area (Å²) in [4.78, 5) is 27.8. The Labute approximate surface area is 121 Å².